The lowest BCUT2D eigenvalue weighted by Crippen LogP contribution is -2.30. The second-order valence-corrected chi connectivity index (χ2v) is 32.1. The maximum absolute atomic E-state index is 13.1. The lowest BCUT2D eigenvalue weighted by atomic mass is 10.0. The number of unbranched alkanes of at least 4 members (excludes halogenated alkanes) is 56. The van der Waals surface area contributed by atoms with Crippen LogP contribution in [0.2, 0.25) is 0 Å². The third-order valence-electron chi connectivity index (χ3n) is 19.1. The normalized spacial score (nSPS) is 13.8. The molecular formula is C81H158O17P2. The van der Waals surface area contributed by atoms with Gasteiger partial charge in [-0.15, -0.1) is 0 Å². The van der Waals surface area contributed by atoms with Crippen LogP contribution in [0.5, 0.6) is 0 Å². The van der Waals surface area contributed by atoms with Crippen molar-refractivity contribution in [2.24, 2.45) is 0 Å². The summed E-state index contributed by atoms with van der Waals surface area (Å²) in [7, 11) is -9.91. The van der Waals surface area contributed by atoms with Crippen LogP contribution in [0.25, 0.3) is 0 Å². The molecule has 5 atom stereocenters. The molecule has 0 saturated heterocycles. The van der Waals surface area contributed by atoms with E-state index in [9.17, 15) is 43.2 Å². The minimum Gasteiger partial charge on any atom is -0.462 e. The van der Waals surface area contributed by atoms with E-state index in [4.69, 9.17) is 37.0 Å². The minimum atomic E-state index is -4.96. The van der Waals surface area contributed by atoms with Crippen LogP contribution >= 0.6 is 15.6 Å². The largest absolute Gasteiger partial charge is 0.472 e. The first-order valence-corrected chi connectivity index (χ1v) is 45.3. The molecular weight excluding hydrogens is 1310 g/mol. The second-order valence-electron chi connectivity index (χ2n) is 29.2. The number of aliphatic hydroxyl groups is 1. The molecule has 594 valence electrons. The molecule has 0 bridgehead atoms. The number of aliphatic hydroxyl groups excluding tert-OH is 1. The van der Waals surface area contributed by atoms with Gasteiger partial charge in [0.25, 0.3) is 0 Å². The highest BCUT2D eigenvalue weighted by Gasteiger charge is 2.30. The Morgan fingerprint density at radius 2 is 0.400 bits per heavy atom. The van der Waals surface area contributed by atoms with Gasteiger partial charge in [-0.25, -0.2) is 9.13 Å². The third kappa shape index (κ3) is 74.3. The summed E-state index contributed by atoms with van der Waals surface area (Å²) < 4.78 is 68.7. The Labute approximate surface area is 613 Å². The van der Waals surface area contributed by atoms with Crippen molar-refractivity contribution >= 4 is 39.5 Å². The molecule has 0 saturated carbocycles. The number of hydrogen-bond acceptors (Lipinski definition) is 15. The smallest absolute Gasteiger partial charge is 0.462 e. The molecule has 0 aliphatic heterocycles. The fourth-order valence-corrected chi connectivity index (χ4v) is 14.2. The lowest BCUT2D eigenvalue weighted by molar-refractivity contribution is -0.161. The Morgan fingerprint density at radius 1 is 0.240 bits per heavy atom. The highest BCUT2D eigenvalue weighted by molar-refractivity contribution is 7.47. The van der Waals surface area contributed by atoms with E-state index in [1.165, 1.54) is 270 Å². The first-order valence-electron chi connectivity index (χ1n) is 42.3. The van der Waals surface area contributed by atoms with Crippen LogP contribution in [-0.4, -0.2) is 96.7 Å². The van der Waals surface area contributed by atoms with Crippen molar-refractivity contribution in [3.05, 3.63) is 0 Å². The predicted molar refractivity (Wildman–Crippen MR) is 409 cm³/mol. The molecule has 17 nitrogen and oxygen atoms in total. The Morgan fingerprint density at radius 3 is 0.590 bits per heavy atom. The van der Waals surface area contributed by atoms with Crippen LogP contribution in [0.4, 0.5) is 0 Å². The van der Waals surface area contributed by atoms with Gasteiger partial charge in [0.05, 0.1) is 26.4 Å². The summed E-state index contributed by atoms with van der Waals surface area (Å²) in [6.07, 6.45) is 68.0. The van der Waals surface area contributed by atoms with Crippen LogP contribution in [0.15, 0.2) is 0 Å². The highest BCUT2D eigenvalue weighted by Crippen LogP contribution is 2.45. The molecule has 0 spiro atoms. The molecule has 2 unspecified atom stereocenters. The zero-order valence-electron chi connectivity index (χ0n) is 65.2. The van der Waals surface area contributed by atoms with Gasteiger partial charge in [-0.2, -0.15) is 0 Å². The highest BCUT2D eigenvalue weighted by atomic mass is 31.2. The molecule has 3 N–H and O–H groups in total. The standard InChI is InChI=1S/C81H158O17P2/c1-5-9-13-17-21-25-28-31-34-36-37-38-39-40-42-45-48-52-56-60-64-68-81(86)98-77(72-92-79(84)66-62-58-54-50-46-44-41-35-32-29-26-22-18-14-10-6-2)74-96-100(89,90)94-70-75(82)69-93-99(87,88)95-73-76(71-91-78(83)65-61-57-53-49-24-20-16-12-8-4)97-80(85)67-63-59-55-51-47-43-33-30-27-23-19-15-11-7-3/h75-77,82H,5-74H2,1-4H3,(H,87,88)(H,89,90)/t75-,76+,77+/m0/s1. The summed E-state index contributed by atoms with van der Waals surface area (Å²) in [5.41, 5.74) is 0. The Kier molecular flexibility index (Phi) is 73.8. The lowest BCUT2D eigenvalue weighted by Gasteiger charge is -2.21. The monoisotopic (exact) mass is 1470 g/mol. The molecule has 0 amide bonds. The van der Waals surface area contributed by atoms with Crippen LogP contribution in [-0.2, 0) is 65.4 Å². The first-order chi connectivity index (χ1) is 48.7. The zero-order valence-corrected chi connectivity index (χ0v) is 67.0. The third-order valence-corrected chi connectivity index (χ3v) is 21.0. The molecule has 0 radical (unpaired) electrons. The van der Waals surface area contributed by atoms with Crippen LogP contribution in [0.1, 0.15) is 439 Å². The van der Waals surface area contributed by atoms with E-state index in [0.29, 0.717) is 25.7 Å². The number of esters is 4. The van der Waals surface area contributed by atoms with Crippen LogP contribution < -0.4 is 0 Å². The van der Waals surface area contributed by atoms with Gasteiger partial charge < -0.3 is 33.8 Å². The van der Waals surface area contributed by atoms with Crippen molar-refractivity contribution in [1.82, 2.24) is 0 Å². The fraction of sp³-hybridized carbons (Fsp3) is 0.951. The number of carbonyl (C=O) groups is 4. The molecule has 0 heterocycles. The maximum Gasteiger partial charge on any atom is 0.472 e. The van der Waals surface area contributed by atoms with Gasteiger partial charge in [0, 0.05) is 25.7 Å². The predicted octanol–water partition coefficient (Wildman–Crippen LogP) is 24.6. The zero-order chi connectivity index (χ0) is 73.2. The Bertz CT molecular complexity index is 1890. The number of hydrogen-bond donors (Lipinski definition) is 3. The molecule has 0 fully saturated rings. The second kappa shape index (κ2) is 75.3. The SMILES string of the molecule is CCCCCCCCCCCCCCCCCCCCCCCC(=O)O[C@H](COC(=O)CCCCCCCCCCCCCCCCCC)COP(=O)(O)OC[C@@H](O)COP(=O)(O)OC[C@@H](COC(=O)CCCCCCCCCCC)OC(=O)CCCCCCCCCCCCCCCC. The topological polar surface area (TPSA) is 237 Å². The van der Waals surface area contributed by atoms with Gasteiger partial charge in [0.2, 0.25) is 0 Å². The van der Waals surface area contributed by atoms with Crippen LogP contribution in [0.3, 0.4) is 0 Å². The van der Waals surface area contributed by atoms with Crippen molar-refractivity contribution in [3.63, 3.8) is 0 Å². The summed E-state index contributed by atoms with van der Waals surface area (Å²) in [5, 5.41) is 10.6. The minimum absolute atomic E-state index is 0.109. The summed E-state index contributed by atoms with van der Waals surface area (Å²) in [4.78, 5) is 73.0. The summed E-state index contributed by atoms with van der Waals surface area (Å²) in [6, 6.07) is 0. The van der Waals surface area contributed by atoms with E-state index < -0.39 is 97.5 Å². The first kappa shape index (κ1) is 98.1. The van der Waals surface area contributed by atoms with Crippen LogP contribution in [0, 0.1) is 0 Å². The molecule has 0 aliphatic carbocycles. The Hall–Kier alpha value is -1.94. The molecule has 0 aromatic heterocycles. The average molecular weight is 1470 g/mol. The van der Waals surface area contributed by atoms with Gasteiger partial charge >= 0.3 is 39.5 Å². The molecule has 100 heavy (non-hydrogen) atoms. The van der Waals surface area contributed by atoms with Gasteiger partial charge in [0.15, 0.2) is 12.2 Å². The van der Waals surface area contributed by atoms with Crippen molar-refractivity contribution in [3.8, 4) is 0 Å². The van der Waals surface area contributed by atoms with Gasteiger partial charge in [-0.05, 0) is 25.7 Å². The Balaban J connectivity index is 5.20. The number of ether oxygens (including phenoxy) is 4. The summed E-state index contributed by atoms with van der Waals surface area (Å²) in [5.74, 6) is -2.10. The average Bonchev–Trinajstić information content (AvgIpc) is 1.01. The maximum atomic E-state index is 13.1. The van der Waals surface area contributed by atoms with Crippen molar-refractivity contribution in [2.45, 2.75) is 457 Å². The van der Waals surface area contributed by atoms with E-state index in [-0.39, 0.29) is 25.7 Å². The quantitative estimate of drug-likeness (QED) is 0.0222. The van der Waals surface area contributed by atoms with Gasteiger partial charge in [-0.3, -0.25) is 37.3 Å². The molecule has 0 aromatic rings. The van der Waals surface area contributed by atoms with Crippen molar-refractivity contribution < 1.29 is 80.2 Å². The van der Waals surface area contributed by atoms with Crippen molar-refractivity contribution in [1.29, 1.82) is 0 Å². The van der Waals surface area contributed by atoms with Crippen molar-refractivity contribution in [2.75, 3.05) is 39.6 Å². The van der Waals surface area contributed by atoms with E-state index >= 15 is 0 Å². The van der Waals surface area contributed by atoms with E-state index in [1.54, 1.807) is 0 Å². The summed E-state index contributed by atoms with van der Waals surface area (Å²) in [6.45, 7) is 5.01. The number of phosphoric ester groups is 2. The van der Waals surface area contributed by atoms with E-state index in [0.717, 1.165) is 89.9 Å². The molecule has 19 heteroatoms. The fourth-order valence-electron chi connectivity index (χ4n) is 12.6. The molecule has 0 rings (SSSR count). The number of phosphoric acid groups is 2. The number of rotatable bonds is 82. The van der Waals surface area contributed by atoms with E-state index in [1.807, 2.05) is 0 Å². The van der Waals surface area contributed by atoms with Gasteiger partial charge in [0.1, 0.15) is 19.3 Å². The van der Waals surface area contributed by atoms with Gasteiger partial charge in [-0.1, -0.05) is 387 Å². The molecule has 0 aliphatic rings. The molecule has 0 aromatic carbocycles. The van der Waals surface area contributed by atoms with E-state index in [2.05, 4.69) is 27.7 Å². The number of carbonyl (C=O) groups excluding carboxylic acids is 4. The summed E-state index contributed by atoms with van der Waals surface area (Å²) >= 11 is 0.